The standard InChI is InChI=1S/C6H12FN3O/c7-4-6(10,5(9)11)2-1-3-8/h1-2H,3-4,8,10H2,(H2,9,11). The molecule has 1 atom stereocenters. The van der Waals surface area contributed by atoms with Crippen molar-refractivity contribution in [2.45, 2.75) is 5.54 Å². The summed E-state index contributed by atoms with van der Waals surface area (Å²) in [5.74, 6) is -0.898. The third-order valence-corrected chi connectivity index (χ3v) is 1.23. The molecule has 0 saturated carbocycles. The lowest BCUT2D eigenvalue weighted by Gasteiger charge is -2.16. The largest absolute Gasteiger partial charge is 0.368 e. The van der Waals surface area contributed by atoms with Crippen molar-refractivity contribution in [1.82, 2.24) is 0 Å². The Labute approximate surface area is 64.2 Å². The zero-order chi connectivity index (χ0) is 8.91. The van der Waals surface area contributed by atoms with E-state index in [1.54, 1.807) is 0 Å². The Morgan fingerprint density at radius 1 is 1.64 bits per heavy atom. The summed E-state index contributed by atoms with van der Waals surface area (Å²) in [4.78, 5) is 10.5. The van der Waals surface area contributed by atoms with Crippen LogP contribution in [0.15, 0.2) is 12.2 Å². The van der Waals surface area contributed by atoms with E-state index in [2.05, 4.69) is 0 Å². The number of primary amides is 1. The van der Waals surface area contributed by atoms with Crippen LogP contribution in [0.3, 0.4) is 0 Å². The minimum atomic E-state index is -1.70. The van der Waals surface area contributed by atoms with Crippen LogP contribution in [-0.4, -0.2) is 24.7 Å². The van der Waals surface area contributed by atoms with Crippen LogP contribution in [0.5, 0.6) is 0 Å². The number of halogens is 1. The minimum Gasteiger partial charge on any atom is -0.368 e. The third-order valence-electron chi connectivity index (χ3n) is 1.23. The molecule has 6 N–H and O–H groups in total. The molecule has 0 heterocycles. The van der Waals surface area contributed by atoms with Crippen LogP contribution in [0.4, 0.5) is 4.39 Å². The molecule has 0 bridgehead atoms. The first-order valence-electron chi connectivity index (χ1n) is 3.09. The lowest BCUT2D eigenvalue weighted by atomic mass is 10.0. The zero-order valence-electron chi connectivity index (χ0n) is 6.09. The van der Waals surface area contributed by atoms with E-state index < -0.39 is 18.1 Å². The van der Waals surface area contributed by atoms with Crippen LogP contribution in [-0.2, 0) is 4.79 Å². The number of alkyl halides is 1. The molecule has 0 aromatic carbocycles. The monoisotopic (exact) mass is 161 g/mol. The minimum absolute atomic E-state index is 0.201. The smallest absolute Gasteiger partial charge is 0.244 e. The molecule has 0 aromatic heterocycles. The molecule has 4 nitrogen and oxygen atoms in total. The van der Waals surface area contributed by atoms with E-state index in [1.165, 1.54) is 12.2 Å². The van der Waals surface area contributed by atoms with E-state index >= 15 is 0 Å². The van der Waals surface area contributed by atoms with Gasteiger partial charge in [-0.1, -0.05) is 12.2 Å². The van der Waals surface area contributed by atoms with Crippen molar-refractivity contribution in [3.63, 3.8) is 0 Å². The van der Waals surface area contributed by atoms with E-state index in [9.17, 15) is 9.18 Å². The molecule has 0 aliphatic carbocycles. The Balaban J connectivity index is 4.34. The van der Waals surface area contributed by atoms with Gasteiger partial charge in [0.15, 0.2) is 0 Å². The molecule has 11 heavy (non-hydrogen) atoms. The second-order valence-corrected chi connectivity index (χ2v) is 2.18. The average Bonchev–Trinajstić information content (AvgIpc) is 2.00. The van der Waals surface area contributed by atoms with E-state index in [4.69, 9.17) is 17.2 Å². The molecular weight excluding hydrogens is 149 g/mol. The summed E-state index contributed by atoms with van der Waals surface area (Å²) in [5.41, 5.74) is 13.4. The first kappa shape index (κ1) is 10.1. The summed E-state index contributed by atoms with van der Waals surface area (Å²) in [6.07, 6.45) is 2.57. The Morgan fingerprint density at radius 2 is 2.18 bits per heavy atom. The van der Waals surface area contributed by atoms with Crippen LogP contribution in [0.25, 0.3) is 0 Å². The first-order valence-corrected chi connectivity index (χ1v) is 3.09. The maximum atomic E-state index is 12.1. The van der Waals surface area contributed by atoms with Crippen LogP contribution in [0.1, 0.15) is 0 Å². The van der Waals surface area contributed by atoms with Gasteiger partial charge in [-0.25, -0.2) is 4.39 Å². The van der Waals surface area contributed by atoms with Crippen molar-refractivity contribution < 1.29 is 9.18 Å². The highest BCUT2D eigenvalue weighted by atomic mass is 19.1. The quantitative estimate of drug-likeness (QED) is 0.445. The summed E-state index contributed by atoms with van der Waals surface area (Å²) in [5, 5.41) is 0. The van der Waals surface area contributed by atoms with Crippen LogP contribution in [0.2, 0.25) is 0 Å². The van der Waals surface area contributed by atoms with Crippen molar-refractivity contribution in [2.75, 3.05) is 13.2 Å². The van der Waals surface area contributed by atoms with Gasteiger partial charge in [-0.2, -0.15) is 0 Å². The highest BCUT2D eigenvalue weighted by Crippen LogP contribution is 2.02. The van der Waals surface area contributed by atoms with Gasteiger partial charge in [-0.15, -0.1) is 0 Å². The Hall–Kier alpha value is -0.940. The molecular formula is C6H12FN3O. The van der Waals surface area contributed by atoms with Crippen LogP contribution < -0.4 is 17.2 Å². The Morgan fingerprint density at radius 3 is 2.45 bits per heavy atom. The van der Waals surface area contributed by atoms with Crippen molar-refractivity contribution in [2.24, 2.45) is 17.2 Å². The molecule has 0 aromatic rings. The first-order chi connectivity index (χ1) is 5.06. The molecule has 0 radical (unpaired) electrons. The van der Waals surface area contributed by atoms with Crippen molar-refractivity contribution in [3.05, 3.63) is 12.2 Å². The van der Waals surface area contributed by atoms with E-state index in [1.807, 2.05) is 0 Å². The maximum Gasteiger partial charge on any atom is 0.244 e. The summed E-state index contributed by atoms with van der Waals surface area (Å²) in [6.45, 7) is -0.814. The predicted molar refractivity (Wildman–Crippen MR) is 40.3 cm³/mol. The number of rotatable bonds is 4. The average molecular weight is 161 g/mol. The molecule has 5 heteroatoms. The second-order valence-electron chi connectivity index (χ2n) is 2.18. The van der Waals surface area contributed by atoms with Gasteiger partial charge in [-0.05, 0) is 0 Å². The third kappa shape index (κ3) is 2.65. The Kier molecular flexibility index (Phi) is 3.70. The van der Waals surface area contributed by atoms with Gasteiger partial charge in [0.2, 0.25) is 5.91 Å². The van der Waals surface area contributed by atoms with Crippen molar-refractivity contribution in [3.8, 4) is 0 Å². The highest BCUT2D eigenvalue weighted by molar-refractivity contribution is 5.86. The number of amides is 1. The summed E-state index contributed by atoms with van der Waals surface area (Å²) < 4.78 is 12.1. The summed E-state index contributed by atoms with van der Waals surface area (Å²) in [6, 6.07) is 0. The van der Waals surface area contributed by atoms with Gasteiger partial charge >= 0.3 is 0 Å². The lowest BCUT2D eigenvalue weighted by Crippen LogP contribution is -2.52. The maximum absolute atomic E-state index is 12.1. The predicted octanol–water partition coefficient (Wildman–Crippen LogP) is -1.35. The van der Waals surface area contributed by atoms with Crippen molar-refractivity contribution >= 4 is 5.91 Å². The van der Waals surface area contributed by atoms with E-state index in [-0.39, 0.29) is 6.54 Å². The molecule has 64 valence electrons. The molecule has 0 fully saturated rings. The van der Waals surface area contributed by atoms with Gasteiger partial charge in [-0.3, -0.25) is 4.79 Å². The molecule has 0 aliphatic heterocycles. The van der Waals surface area contributed by atoms with Gasteiger partial charge < -0.3 is 17.2 Å². The number of carbonyl (C=O) groups excluding carboxylic acids is 1. The van der Waals surface area contributed by atoms with Crippen molar-refractivity contribution in [1.29, 1.82) is 0 Å². The van der Waals surface area contributed by atoms with Crippen LogP contribution >= 0.6 is 0 Å². The van der Waals surface area contributed by atoms with Gasteiger partial charge in [0, 0.05) is 6.54 Å². The lowest BCUT2D eigenvalue weighted by molar-refractivity contribution is -0.122. The number of nitrogens with two attached hydrogens (primary N) is 3. The van der Waals surface area contributed by atoms with Gasteiger partial charge in [0.05, 0.1) is 0 Å². The van der Waals surface area contributed by atoms with E-state index in [0.717, 1.165) is 0 Å². The number of hydrogen-bond acceptors (Lipinski definition) is 3. The fourth-order valence-corrected chi connectivity index (χ4v) is 0.471. The molecule has 1 amide bonds. The van der Waals surface area contributed by atoms with Gasteiger partial charge in [0.1, 0.15) is 12.2 Å². The fraction of sp³-hybridized carbons (Fsp3) is 0.500. The summed E-state index contributed by atoms with van der Waals surface area (Å²) in [7, 11) is 0. The zero-order valence-corrected chi connectivity index (χ0v) is 6.09. The molecule has 0 rings (SSSR count). The highest BCUT2D eigenvalue weighted by Gasteiger charge is 2.28. The topological polar surface area (TPSA) is 95.1 Å². The molecule has 1 unspecified atom stereocenters. The van der Waals surface area contributed by atoms with Crippen LogP contribution in [0, 0.1) is 0 Å². The fourth-order valence-electron chi connectivity index (χ4n) is 0.471. The van der Waals surface area contributed by atoms with Gasteiger partial charge in [0.25, 0.3) is 0 Å². The molecule has 0 spiro atoms. The normalized spacial score (nSPS) is 16.6. The number of carbonyl (C=O) groups is 1. The SMILES string of the molecule is NCC=CC(N)(CF)C(N)=O. The van der Waals surface area contributed by atoms with E-state index in [0.29, 0.717) is 0 Å². The summed E-state index contributed by atoms with van der Waals surface area (Å²) >= 11 is 0. The second kappa shape index (κ2) is 4.05. The number of hydrogen-bond donors (Lipinski definition) is 3. The molecule has 0 saturated heterocycles. The molecule has 0 aliphatic rings. The Bertz CT molecular complexity index is 171.